The summed E-state index contributed by atoms with van der Waals surface area (Å²) in [5.74, 6) is 0.00513. The number of hydrogen-bond acceptors (Lipinski definition) is 4. The van der Waals surface area contributed by atoms with Gasteiger partial charge in [-0.15, -0.1) is 0 Å². The number of rotatable bonds is 2. The minimum atomic E-state index is -0.200. The van der Waals surface area contributed by atoms with Crippen molar-refractivity contribution in [1.29, 1.82) is 0 Å². The van der Waals surface area contributed by atoms with Crippen LogP contribution in [0.1, 0.15) is 22.8 Å². The highest BCUT2D eigenvalue weighted by molar-refractivity contribution is 6.02. The molecule has 3 rings (SSSR count). The number of benzene rings is 1. The Bertz CT molecular complexity index is 790. The topological polar surface area (TPSA) is 79.5 Å². The van der Waals surface area contributed by atoms with Crippen LogP contribution < -0.4 is 10.6 Å². The lowest BCUT2D eigenvalue weighted by atomic mass is 10.1. The van der Waals surface area contributed by atoms with E-state index in [9.17, 15) is 9.59 Å². The van der Waals surface area contributed by atoms with Gasteiger partial charge in [0.15, 0.2) is 0 Å². The van der Waals surface area contributed by atoms with Crippen molar-refractivity contribution in [1.82, 2.24) is 9.88 Å². The Balaban J connectivity index is 1.82. The van der Waals surface area contributed by atoms with Crippen LogP contribution in [0.15, 0.2) is 42.6 Å². The predicted octanol–water partition coefficient (Wildman–Crippen LogP) is 1.85. The van der Waals surface area contributed by atoms with Gasteiger partial charge in [-0.05, 0) is 37.6 Å². The molecule has 2 amide bonds. The largest absolute Gasteiger partial charge is 0.384 e. The van der Waals surface area contributed by atoms with Crippen LogP contribution in [0.25, 0.3) is 0 Å². The minimum Gasteiger partial charge on any atom is -0.384 e. The molecule has 0 radical (unpaired) electrons. The van der Waals surface area contributed by atoms with E-state index >= 15 is 0 Å². The monoisotopic (exact) mass is 324 g/mol. The van der Waals surface area contributed by atoms with Crippen molar-refractivity contribution >= 4 is 23.3 Å². The molecule has 0 saturated carbocycles. The number of nitrogens with two attached hydrogens (primary N) is 1. The van der Waals surface area contributed by atoms with Crippen molar-refractivity contribution in [3.63, 3.8) is 0 Å². The molecule has 0 bridgehead atoms. The lowest BCUT2D eigenvalue weighted by Gasteiger charge is -2.39. The van der Waals surface area contributed by atoms with Gasteiger partial charge in [0.25, 0.3) is 5.91 Å². The maximum atomic E-state index is 12.7. The van der Waals surface area contributed by atoms with Crippen LogP contribution >= 0.6 is 0 Å². The van der Waals surface area contributed by atoms with Crippen LogP contribution in [0.5, 0.6) is 0 Å². The Morgan fingerprint density at radius 1 is 1.29 bits per heavy atom. The number of nitrogens with zero attached hydrogens (tertiary/aromatic N) is 3. The average molecular weight is 324 g/mol. The predicted molar refractivity (Wildman–Crippen MR) is 92.7 cm³/mol. The van der Waals surface area contributed by atoms with E-state index in [0.717, 1.165) is 11.3 Å². The molecule has 1 aromatic carbocycles. The molecule has 1 atom stereocenters. The SMILES string of the molecule is Cc1ccccc1N1C[C@@H](C)N(C(=O)c2ccnc(N)c2)CC1=O. The number of hydrogen-bond donors (Lipinski definition) is 1. The Labute approximate surface area is 140 Å². The summed E-state index contributed by atoms with van der Waals surface area (Å²) in [7, 11) is 0. The molecule has 1 aliphatic heterocycles. The van der Waals surface area contributed by atoms with Gasteiger partial charge in [-0.1, -0.05) is 18.2 Å². The first-order chi connectivity index (χ1) is 11.5. The average Bonchev–Trinajstić information content (AvgIpc) is 2.56. The normalized spacial score (nSPS) is 17.9. The van der Waals surface area contributed by atoms with Crippen molar-refractivity contribution in [3.8, 4) is 0 Å². The van der Waals surface area contributed by atoms with E-state index in [1.165, 1.54) is 12.3 Å². The summed E-state index contributed by atoms with van der Waals surface area (Å²) < 4.78 is 0. The van der Waals surface area contributed by atoms with Crippen molar-refractivity contribution in [3.05, 3.63) is 53.7 Å². The second kappa shape index (κ2) is 6.31. The van der Waals surface area contributed by atoms with Crippen LogP contribution in [0, 0.1) is 6.92 Å². The second-order valence-corrected chi connectivity index (χ2v) is 6.04. The molecule has 0 unspecified atom stereocenters. The maximum Gasteiger partial charge on any atom is 0.254 e. The van der Waals surface area contributed by atoms with E-state index in [2.05, 4.69) is 4.98 Å². The fraction of sp³-hybridized carbons (Fsp3) is 0.278. The highest BCUT2D eigenvalue weighted by Crippen LogP contribution is 2.24. The van der Waals surface area contributed by atoms with Crippen LogP contribution in [0.3, 0.4) is 0 Å². The third-order valence-corrected chi connectivity index (χ3v) is 4.28. The Hall–Kier alpha value is -2.89. The summed E-state index contributed by atoms with van der Waals surface area (Å²) in [6, 6.07) is 10.8. The van der Waals surface area contributed by atoms with Crippen LogP contribution in [-0.4, -0.2) is 40.8 Å². The third-order valence-electron chi connectivity index (χ3n) is 4.28. The number of aromatic nitrogens is 1. The molecule has 0 aliphatic carbocycles. The Kier molecular flexibility index (Phi) is 4.20. The number of piperazine rings is 1. The van der Waals surface area contributed by atoms with E-state index in [4.69, 9.17) is 5.73 Å². The first-order valence-electron chi connectivity index (χ1n) is 7.86. The number of para-hydroxylation sites is 1. The first-order valence-corrected chi connectivity index (χ1v) is 7.86. The molecule has 1 saturated heterocycles. The smallest absolute Gasteiger partial charge is 0.254 e. The van der Waals surface area contributed by atoms with Crippen LogP contribution in [-0.2, 0) is 4.79 Å². The van der Waals surface area contributed by atoms with Gasteiger partial charge in [0, 0.05) is 30.0 Å². The molecule has 0 spiro atoms. The van der Waals surface area contributed by atoms with Crippen LogP contribution in [0.2, 0.25) is 0 Å². The Morgan fingerprint density at radius 3 is 2.75 bits per heavy atom. The quantitative estimate of drug-likeness (QED) is 0.914. The number of pyridine rings is 1. The molecule has 6 heteroatoms. The fourth-order valence-electron chi connectivity index (χ4n) is 2.97. The molecule has 1 aliphatic rings. The summed E-state index contributed by atoms with van der Waals surface area (Å²) in [6.07, 6.45) is 1.50. The van der Waals surface area contributed by atoms with Crippen molar-refractivity contribution in [2.45, 2.75) is 19.9 Å². The lowest BCUT2D eigenvalue weighted by molar-refractivity contribution is -0.121. The molecule has 124 valence electrons. The lowest BCUT2D eigenvalue weighted by Crippen LogP contribution is -2.57. The van der Waals surface area contributed by atoms with Gasteiger partial charge in [0.05, 0.1) is 0 Å². The van der Waals surface area contributed by atoms with E-state index in [1.807, 2.05) is 38.1 Å². The van der Waals surface area contributed by atoms with Gasteiger partial charge < -0.3 is 15.5 Å². The number of carbonyl (C=O) groups is 2. The highest BCUT2D eigenvalue weighted by atomic mass is 16.2. The Morgan fingerprint density at radius 2 is 2.04 bits per heavy atom. The molecule has 2 heterocycles. The molecule has 24 heavy (non-hydrogen) atoms. The molecule has 2 N–H and O–H groups in total. The third kappa shape index (κ3) is 2.95. The number of amides is 2. The zero-order valence-corrected chi connectivity index (χ0v) is 13.8. The van der Waals surface area contributed by atoms with E-state index in [-0.39, 0.29) is 24.4 Å². The molecule has 1 fully saturated rings. The molecule has 2 aromatic rings. The number of anilines is 2. The van der Waals surface area contributed by atoms with Gasteiger partial charge >= 0.3 is 0 Å². The zero-order chi connectivity index (χ0) is 17.3. The number of carbonyl (C=O) groups excluding carboxylic acids is 2. The maximum absolute atomic E-state index is 12.7. The number of aryl methyl sites for hydroxylation is 1. The summed E-state index contributed by atoms with van der Waals surface area (Å²) in [6.45, 7) is 4.44. The van der Waals surface area contributed by atoms with Crippen molar-refractivity contribution in [2.75, 3.05) is 23.7 Å². The molecular weight excluding hydrogens is 304 g/mol. The van der Waals surface area contributed by atoms with Crippen molar-refractivity contribution in [2.24, 2.45) is 0 Å². The van der Waals surface area contributed by atoms with E-state index < -0.39 is 0 Å². The second-order valence-electron chi connectivity index (χ2n) is 6.04. The standard InChI is InChI=1S/C18H20N4O2/c1-12-5-3-4-6-15(12)22-10-13(2)21(11-17(22)23)18(24)14-7-8-20-16(19)9-14/h3-9,13H,10-11H2,1-2H3,(H2,19,20)/t13-/m1/s1. The summed E-state index contributed by atoms with van der Waals surface area (Å²) in [4.78, 5) is 32.5. The molecule has 6 nitrogen and oxygen atoms in total. The number of nitrogen functional groups attached to an aromatic ring is 1. The minimum absolute atomic E-state index is 0.0521. The van der Waals surface area contributed by atoms with Gasteiger partial charge in [0.2, 0.25) is 5.91 Å². The summed E-state index contributed by atoms with van der Waals surface area (Å²) in [5.41, 5.74) is 8.04. The summed E-state index contributed by atoms with van der Waals surface area (Å²) in [5, 5.41) is 0. The zero-order valence-electron chi connectivity index (χ0n) is 13.8. The van der Waals surface area contributed by atoms with Gasteiger partial charge in [-0.3, -0.25) is 9.59 Å². The fourth-order valence-corrected chi connectivity index (χ4v) is 2.97. The van der Waals surface area contributed by atoms with Gasteiger partial charge in [-0.2, -0.15) is 0 Å². The molecule has 1 aromatic heterocycles. The van der Waals surface area contributed by atoms with Gasteiger partial charge in [0.1, 0.15) is 12.4 Å². The molecular formula is C18H20N4O2. The van der Waals surface area contributed by atoms with Crippen molar-refractivity contribution < 1.29 is 9.59 Å². The van der Waals surface area contributed by atoms with Crippen LogP contribution in [0.4, 0.5) is 11.5 Å². The highest BCUT2D eigenvalue weighted by Gasteiger charge is 2.34. The first kappa shape index (κ1) is 16.0. The van der Waals surface area contributed by atoms with Gasteiger partial charge in [-0.25, -0.2) is 4.98 Å². The summed E-state index contributed by atoms with van der Waals surface area (Å²) >= 11 is 0. The van der Waals surface area contributed by atoms with E-state index in [0.29, 0.717) is 17.9 Å². The van der Waals surface area contributed by atoms with E-state index in [1.54, 1.807) is 15.9 Å².